The first-order chi connectivity index (χ1) is 8.55. The van der Waals surface area contributed by atoms with Crippen LogP contribution in [0.1, 0.15) is 12.5 Å². The molecule has 0 aromatic heterocycles. The quantitative estimate of drug-likeness (QED) is 0.787. The molecule has 0 bridgehead atoms. The highest BCUT2D eigenvalue weighted by molar-refractivity contribution is 5.82. The molecule has 0 spiro atoms. The molecule has 2 rings (SSSR count). The molecule has 0 aliphatic carbocycles. The van der Waals surface area contributed by atoms with Crippen molar-refractivity contribution < 1.29 is 13.9 Å². The lowest BCUT2D eigenvalue weighted by molar-refractivity contribution is -0.105. The topological polar surface area (TPSA) is 76.7 Å². The summed E-state index contributed by atoms with van der Waals surface area (Å²) in [6, 6.07) is 4.30. The summed E-state index contributed by atoms with van der Waals surface area (Å²) in [6.45, 7) is 2.24. The van der Waals surface area contributed by atoms with Crippen molar-refractivity contribution in [3.8, 4) is 0 Å². The molecule has 1 amide bonds. The minimum Gasteiger partial charge on any atom is -0.386 e. The summed E-state index contributed by atoms with van der Waals surface area (Å²) < 4.78 is 19.2. The number of rotatable bonds is 3. The van der Waals surface area contributed by atoms with Crippen molar-refractivity contribution in [2.45, 2.75) is 12.5 Å². The molecule has 1 aliphatic heterocycles. The molecule has 1 aromatic rings. The Labute approximate surface area is 104 Å². The number of nitrogens with zero attached hydrogens (tertiary/aromatic N) is 1. The summed E-state index contributed by atoms with van der Waals surface area (Å²) in [7, 11) is 0. The van der Waals surface area contributed by atoms with Gasteiger partial charge in [-0.25, -0.2) is 4.39 Å². The van der Waals surface area contributed by atoms with E-state index in [1.165, 1.54) is 18.2 Å². The molecule has 0 saturated carbocycles. The zero-order chi connectivity index (χ0) is 13.2. The molecule has 1 atom stereocenters. The zero-order valence-electron chi connectivity index (χ0n) is 9.94. The normalized spacial score (nSPS) is 23.3. The molecule has 3 N–H and O–H groups in total. The molecule has 6 heteroatoms. The lowest BCUT2D eigenvalue weighted by atomic mass is 9.92. The number of amidine groups is 1. The predicted molar refractivity (Wildman–Crippen MR) is 65.9 cm³/mol. The second-order valence-corrected chi connectivity index (χ2v) is 4.33. The van der Waals surface area contributed by atoms with Gasteiger partial charge in [-0.05, 0) is 25.1 Å². The van der Waals surface area contributed by atoms with Crippen molar-refractivity contribution in [2.75, 3.05) is 18.5 Å². The van der Waals surface area contributed by atoms with E-state index in [2.05, 4.69) is 10.3 Å². The number of benzene rings is 1. The molecule has 1 aromatic carbocycles. The van der Waals surface area contributed by atoms with Gasteiger partial charge in [0.2, 0.25) is 6.41 Å². The number of carbonyl (C=O) groups excluding carboxylic acids is 1. The number of carbonyl (C=O) groups is 1. The van der Waals surface area contributed by atoms with E-state index in [9.17, 15) is 9.18 Å². The van der Waals surface area contributed by atoms with Crippen LogP contribution in [-0.4, -0.2) is 25.5 Å². The summed E-state index contributed by atoms with van der Waals surface area (Å²) >= 11 is 0. The van der Waals surface area contributed by atoms with E-state index in [1.54, 1.807) is 6.92 Å². The van der Waals surface area contributed by atoms with Crippen LogP contribution in [0, 0.1) is 5.82 Å². The smallest absolute Gasteiger partial charge is 0.211 e. The minimum atomic E-state index is -0.868. The van der Waals surface area contributed by atoms with E-state index in [1.807, 2.05) is 0 Å². The Morgan fingerprint density at radius 2 is 2.39 bits per heavy atom. The first-order valence-corrected chi connectivity index (χ1v) is 5.47. The van der Waals surface area contributed by atoms with Gasteiger partial charge in [-0.3, -0.25) is 9.79 Å². The van der Waals surface area contributed by atoms with Gasteiger partial charge >= 0.3 is 0 Å². The van der Waals surface area contributed by atoms with Crippen molar-refractivity contribution in [3.05, 3.63) is 29.6 Å². The van der Waals surface area contributed by atoms with Gasteiger partial charge in [0.15, 0.2) is 0 Å². The maximum Gasteiger partial charge on any atom is 0.211 e. The molecule has 18 heavy (non-hydrogen) atoms. The first kappa shape index (κ1) is 12.5. The van der Waals surface area contributed by atoms with Gasteiger partial charge in [-0.1, -0.05) is 0 Å². The monoisotopic (exact) mass is 251 g/mol. The van der Waals surface area contributed by atoms with Gasteiger partial charge in [-0.15, -0.1) is 0 Å². The summed E-state index contributed by atoms with van der Waals surface area (Å²) in [5.74, 6) is -0.0760. The van der Waals surface area contributed by atoms with Crippen LogP contribution in [0.5, 0.6) is 0 Å². The fraction of sp³-hybridized carbons (Fsp3) is 0.333. The number of halogens is 1. The highest BCUT2D eigenvalue weighted by Crippen LogP contribution is 2.31. The molecule has 1 heterocycles. The molecule has 96 valence electrons. The van der Waals surface area contributed by atoms with Crippen LogP contribution in [0.25, 0.3) is 0 Å². The Balaban J connectivity index is 2.45. The fourth-order valence-electron chi connectivity index (χ4n) is 1.97. The number of nitrogens with one attached hydrogen (secondary N) is 1. The first-order valence-electron chi connectivity index (χ1n) is 5.47. The second kappa shape index (κ2) is 4.73. The average Bonchev–Trinajstić information content (AvgIpc) is 2.31. The number of anilines is 1. The van der Waals surface area contributed by atoms with Crippen LogP contribution in [0.2, 0.25) is 0 Å². The number of ether oxygens (including phenoxy) is 1. The van der Waals surface area contributed by atoms with E-state index in [-0.39, 0.29) is 13.2 Å². The molecular formula is C12H14FN3O2. The summed E-state index contributed by atoms with van der Waals surface area (Å²) in [4.78, 5) is 14.7. The summed E-state index contributed by atoms with van der Waals surface area (Å²) in [5, 5.41) is 2.47. The van der Waals surface area contributed by atoms with E-state index in [0.29, 0.717) is 23.5 Å². The highest BCUT2D eigenvalue weighted by atomic mass is 19.1. The van der Waals surface area contributed by atoms with Gasteiger partial charge in [-0.2, -0.15) is 0 Å². The molecule has 5 nitrogen and oxygen atoms in total. The van der Waals surface area contributed by atoms with Crippen LogP contribution in [0.15, 0.2) is 23.2 Å². The highest BCUT2D eigenvalue weighted by Gasteiger charge is 2.32. The third kappa shape index (κ3) is 2.33. The van der Waals surface area contributed by atoms with Crippen LogP contribution >= 0.6 is 0 Å². The van der Waals surface area contributed by atoms with Crippen molar-refractivity contribution >= 4 is 17.9 Å². The third-order valence-corrected chi connectivity index (χ3v) is 2.80. The van der Waals surface area contributed by atoms with Crippen molar-refractivity contribution in [2.24, 2.45) is 10.7 Å². The molecule has 0 fully saturated rings. The van der Waals surface area contributed by atoms with Gasteiger partial charge in [0.05, 0.1) is 6.61 Å². The van der Waals surface area contributed by atoms with Gasteiger partial charge in [0, 0.05) is 11.3 Å². The number of nitrogens with two attached hydrogens (primary N) is 1. The van der Waals surface area contributed by atoms with E-state index in [4.69, 9.17) is 10.5 Å². The number of amides is 1. The van der Waals surface area contributed by atoms with Gasteiger partial charge < -0.3 is 15.8 Å². The lowest BCUT2D eigenvalue weighted by Crippen LogP contribution is -2.38. The Morgan fingerprint density at radius 3 is 3.06 bits per heavy atom. The van der Waals surface area contributed by atoms with E-state index in [0.717, 1.165) is 0 Å². The SMILES string of the molecule is C[C@@]1(c2cc(NC=O)ccc2F)COCC(N)=N1. The molecule has 1 aliphatic rings. The van der Waals surface area contributed by atoms with Gasteiger partial charge in [0.1, 0.15) is 23.8 Å². The summed E-state index contributed by atoms with van der Waals surface area (Å²) in [6.07, 6.45) is 0.536. The fourth-order valence-corrected chi connectivity index (χ4v) is 1.97. The second-order valence-electron chi connectivity index (χ2n) is 4.33. The lowest BCUT2D eigenvalue weighted by Gasteiger charge is -2.30. The van der Waals surface area contributed by atoms with E-state index >= 15 is 0 Å². The Bertz CT molecular complexity index is 504. The molecule has 0 saturated heterocycles. The largest absolute Gasteiger partial charge is 0.386 e. The van der Waals surface area contributed by atoms with Crippen molar-refractivity contribution in [3.63, 3.8) is 0 Å². The Morgan fingerprint density at radius 1 is 1.61 bits per heavy atom. The predicted octanol–water partition coefficient (Wildman–Crippen LogP) is 0.997. The molecule has 0 radical (unpaired) electrons. The van der Waals surface area contributed by atoms with Crippen LogP contribution in [0.3, 0.4) is 0 Å². The number of aliphatic imine (C=N–C) groups is 1. The number of hydrogen-bond acceptors (Lipinski definition) is 4. The summed E-state index contributed by atoms with van der Waals surface area (Å²) in [5.41, 5.74) is 5.60. The van der Waals surface area contributed by atoms with Crippen molar-refractivity contribution in [1.82, 2.24) is 0 Å². The van der Waals surface area contributed by atoms with Crippen LogP contribution in [0.4, 0.5) is 10.1 Å². The molecular weight excluding hydrogens is 237 g/mol. The molecule has 0 unspecified atom stereocenters. The van der Waals surface area contributed by atoms with Crippen LogP contribution in [-0.2, 0) is 15.1 Å². The Kier molecular flexibility index (Phi) is 3.29. The van der Waals surface area contributed by atoms with Gasteiger partial charge in [0.25, 0.3) is 0 Å². The standard InChI is InChI=1S/C12H14FN3O2/c1-12(6-18-5-11(14)16-12)9-4-8(15-7-17)2-3-10(9)13/h2-4,7H,5-6H2,1H3,(H2,14,16)(H,15,17)/t12-/m0/s1. The average molecular weight is 251 g/mol. The third-order valence-electron chi connectivity index (χ3n) is 2.80. The van der Waals surface area contributed by atoms with Crippen molar-refractivity contribution in [1.29, 1.82) is 0 Å². The zero-order valence-corrected chi connectivity index (χ0v) is 9.94. The maximum absolute atomic E-state index is 13.9. The van der Waals surface area contributed by atoms with E-state index < -0.39 is 11.4 Å². The minimum absolute atomic E-state index is 0.245. The Hall–Kier alpha value is -1.95. The van der Waals surface area contributed by atoms with Crippen LogP contribution < -0.4 is 11.1 Å². The maximum atomic E-state index is 13.9. The number of hydrogen-bond donors (Lipinski definition) is 2.